The molecule has 0 radical (unpaired) electrons. The third kappa shape index (κ3) is 2.63. The summed E-state index contributed by atoms with van der Waals surface area (Å²) in [6, 6.07) is 21.6. The fourth-order valence-corrected chi connectivity index (χ4v) is 4.04. The maximum absolute atomic E-state index is 4.69. The van der Waals surface area contributed by atoms with Crippen molar-refractivity contribution in [2.45, 2.75) is 6.42 Å². The minimum atomic E-state index is 0.838. The number of nitrogens with one attached hydrogen (secondary N) is 2. The van der Waals surface area contributed by atoms with Crippen molar-refractivity contribution in [1.29, 1.82) is 0 Å². The van der Waals surface area contributed by atoms with Crippen molar-refractivity contribution < 1.29 is 0 Å². The molecule has 0 spiro atoms. The van der Waals surface area contributed by atoms with E-state index in [1.807, 2.05) is 0 Å². The molecule has 2 N–H and O–H groups in total. The Morgan fingerprint density at radius 2 is 1.69 bits per heavy atom. The zero-order valence-electron chi connectivity index (χ0n) is 14.7. The van der Waals surface area contributed by atoms with Crippen LogP contribution in [0, 0.1) is 0 Å². The number of rotatable bonds is 3. The predicted molar refractivity (Wildman–Crippen MR) is 108 cm³/mol. The lowest BCUT2D eigenvalue weighted by molar-refractivity contribution is 0.590. The number of H-pyrrole nitrogens is 1. The Labute approximate surface area is 152 Å². The van der Waals surface area contributed by atoms with Gasteiger partial charge in [-0.25, -0.2) is 0 Å². The van der Waals surface area contributed by atoms with Gasteiger partial charge in [0.05, 0.1) is 11.2 Å². The van der Waals surface area contributed by atoms with Gasteiger partial charge in [-0.05, 0) is 28.5 Å². The number of hydrogen-bond acceptors (Lipinski definition) is 3. The Kier molecular flexibility index (Phi) is 3.83. The molecule has 1 saturated heterocycles. The average molecular weight is 342 g/mol. The first-order valence-electron chi connectivity index (χ1n) is 9.28. The van der Waals surface area contributed by atoms with Crippen LogP contribution in [0.15, 0.2) is 60.7 Å². The lowest BCUT2D eigenvalue weighted by Crippen LogP contribution is -2.43. The second-order valence-corrected chi connectivity index (χ2v) is 6.92. The van der Waals surface area contributed by atoms with Crippen LogP contribution in [0.2, 0.25) is 0 Å². The molecule has 1 fully saturated rings. The Morgan fingerprint density at radius 3 is 2.62 bits per heavy atom. The SMILES string of the molecule is c1ccc2c(Cc3n[nH]c4cccc(N5CCNCC5)c34)cccc2c1. The van der Waals surface area contributed by atoms with Crippen LogP contribution in [0.25, 0.3) is 21.7 Å². The van der Waals surface area contributed by atoms with E-state index in [1.54, 1.807) is 0 Å². The number of piperazine rings is 1. The summed E-state index contributed by atoms with van der Waals surface area (Å²) >= 11 is 0. The van der Waals surface area contributed by atoms with E-state index in [4.69, 9.17) is 0 Å². The highest BCUT2D eigenvalue weighted by Crippen LogP contribution is 2.31. The van der Waals surface area contributed by atoms with Crippen LogP contribution in [-0.4, -0.2) is 36.4 Å². The third-order valence-corrected chi connectivity index (χ3v) is 5.34. The van der Waals surface area contributed by atoms with Gasteiger partial charge >= 0.3 is 0 Å². The molecule has 3 aromatic carbocycles. The molecule has 0 atom stereocenters. The van der Waals surface area contributed by atoms with Gasteiger partial charge in [-0.3, -0.25) is 5.10 Å². The van der Waals surface area contributed by atoms with Gasteiger partial charge in [0.1, 0.15) is 0 Å². The fourth-order valence-electron chi connectivity index (χ4n) is 4.04. The van der Waals surface area contributed by atoms with Crippen molar-refractivity contribution in [3.63, 3.8) is 0 Å². The van der Waals surface area contributed by atoms with E-state index < -0.39 is 0 Å². The van der Waals surface area contributed by atoms with Gasteiger partial charge < -0.3 is 10.2 Å². The van der Waals surface area contributed by atoms with E-state index in [-0.39, 0.29) is 0 Å². The fraction of sp³-hybridized carbons (Fsp3) is 0.227. The summed E-state index contributed by atoms with van der Waals surface area (Å²) in [7, 11) is 0. The molecular weight excluding hydrogens is 320 g/mol. The number of fused-ring (bicyclic) bond motifs is 2. The van der Waals surface area contributed by atoms with E-state index >= 15 is 0 Å². The summed E-state index contributed by atoms with van der Waals surface area (Å²) in [5.41, 5.74) is 4.88. The molecule has 0 unspecified atom stereocenters. The molecule has 2 heterocycles. The van der Waals surface area contributed by atoms with E-state index in [0.717, 1.165) is 43.8 Å². The number of aromatic nitrogens is 2. The van der Waals surface area contributed by atoms with Crippen molar-refractivity contribution >= 4 is 27.4 Å². The molecule has 1 aromatic heterocycles. The monoisotopic (exact) mass is 342 g/mol. The quantitative estimate of drug-likeness (QED) is 0.596. The number of hydrogen-bond donors (Lipinski definition) is 2. The highest BCUT2D eigenvalue weighted by Gasteiger charge is 2.17. The Morgan fingerprint density at radius 1 is 0.885 bits per heavy atom. The molecule has 0 bridgehead atoms. The highest BCUT2D eigenvalue weighted by atomic mass is 15.2. The number of nitrogens with zero attached hydrogens (tertiary/aromatic N) is 2. The molecule has 130 valence electrons. The van der Waals surface area contributed by atoms with Crippen LogP contribution >= 0.6 is 0 Å². The average Bonchev–Trinajstić information content (AvgIpc) is 3.12. The number of benzene rings is 3. The minimum absolute atomic E-state index is 0.838. The normalized spacial score (nSPS) is 15.0. The van der Waals surface area contributed by atoms with Crippen LogP contribution in [-0.2, 0) is 6.42 Å². The summed E-state index contributed by atoms with van der Waals surface area (Å²) in [5.74, 6) is 0. The lowest BCUT2D eigenvalue weighted by Gasteiger charge is -2.30. The van der Waals surface area contributed by atoms with Crippen molar-refractivity contribution in [3.8, 4) is 0 Å². The first kappa shape index (κ1) is 15.4. The smallest absolute Gasteiger partial charge is 0.0765 e. The summed E-state index contributed by atoms with van der Waals surface area (Å²) in [4.78, 5) is 2.47. The molecule has 0 aliphatic carbocycles. The summed E-state index contributed by atoms with van der Waals surface area (Å²) < 4.78 is 0. The van der Waals surface area contributed by atoms with Gasteiger partial charge in [0.15, 0.2) is 0 Å². The van der Waals surface area contributed by atoms with Gasteiger partial charge in [-0.15, -0.1) is 0 Å². The predicted octanol–water partition coefficient (Wildman–Crippen LogP) is 3.72. The largest absolute Gasteiger partial charge is 0.368 e. The Bertz CT molecular complexity index is 1050. The minimum Gasteiger partial charge on any atom is -0.368 e. The second-order valence-electron chi connectivity index (χ2n) is 6.92. The summed E-state index contributed by atoms with van der Waals surface area (Å²) in [6.07, 6.45) is 0.838. The van der Waals surface area contributed by atoms with Crippen molar-refractivity contribution in [2.75, 3.05) is 31.1 Å². The van der Waals surface area contributed by atoms with Crippen LogP contribution in [0.1, 0.15) is 11.3 Å². The van der Waals surface area contributed by atoms with Crippen LogP contribution in [0.3, 0.4) is 0 Å². The third-order valence-electron chi connectivity index (χ3n) is 5.34. The van der Waals surface area contributed by atoms with Crippen LogP contribution in [0.5, 0.6) is 0 Å². The molecule has 0 saturated carbocycles. The van der Waals surface area contributed by atoms with E-state index in [0.29, 0.717) is 0 Å². The van der Waals surface area contributed by atoms with Crippen LogP contribution < -0.4 is 10.2 Å². The summed E-state index contributed by atoms with van der Waals surface area (Å²) in [6.45, 7) is 4.15. The molecule has 4 heteroatoms. The molecular formula is C22H22N4. The molecule has 4 aromatic rings. The Hall–Kier alpha value is -2.85. The molecule has 5 rings (SSSR count). The molecule has 0 amide bonds. The maximum Gasteiger partial charge on any atom is 0.0765 e. The molecule has 1 aliphatic heterocycles. The van der Waals surface area contributed by atoms with Crippen LogP contribution in [0.4, 0.5) is 5.69 Å². The summed E-state index contributed by atoms with van der Waals surface area (Å²) in [5, 5.41) is 15.2. The van der Waals surface area contributed by atoms with Gasteiger partial charge in [-0.2, -0.15) is 5.10 Å². The van der Waals surface area contributed by atoms with E-state index in [1.165, 1.54) is 27.4 Å². The topological polar surface area (TPSA) is 44.0 Å². The first-order chi connectivity index (χ1) is 12.9. The Balaban J connectivity index is 1.61. The zero-order valence-corrected chi connectivity index (χ0v) is 14.7. The molecule has 26 heavy (non-hydrogen) atoms. The van der Waals surface area contributed by atoms with Crippen molar-refractivity contribution in [1.82, 2.24) is 15.5 Å². The highest BCUT2D eigenvalue weighted by molar-refractivity contribution is 5.95. The molecule has 4 nitrogen and oxygen atoms in total. The van der Waals surface area contributed by atoms with E-state index in [2.05, 4.69) is 81.1 Å². The van der Waals surface area contributed by atoms with Gasteiger partial charge in [0.25, 0.3) is 0 Å². The molecule has 1 aliphatic rings. The van der Waals surface area contributed by atoms with Gasteiger partial charge in [0, 0.05) is 43.7 Å². The number of aromatic amines is 1. The standard InChI is InChI=1S/C22H22N4/c1-2-8-18-16(5-1)6-3-7-17(18)15-20-22-19(24-25-20)9-4-10-21(22)26-13-11-23-12-14-26/h1-10,23H,11-15H2,(H,24,25). The van der Waals surface area contributed by atoms with Crippen molar-refractivity contribution in [2.24, 2.45) is 0 Å². The second kappa shape index (κ2) is 6.46. The van der Waals surface area contributed by atoms with Crippen molar-refractivity contribution in [3.05, 3.63) is 71.9 Å². The maximum atomic E-state index is 4.69. The lowest BCUT2D eigenvalue weighted by atomic mass is 9.99. The zero-order chi connectivity index (χ0) is 17.3. The number of anilines is 1. The first-order valence-corrected chi connectivity index (χ1v) is 9.28. The van der Waals surface area contributed by atoms with Gasteiger partial charge in [-0.1, -0.05) is 48.5 Å². The van der Waals surface area contributed by atoms with Gasteiger partial charge in [0.2, 0.25) is 0 Å². The van der Waals surface area contributed by atoms with E-state index in [9.17, 15) is 0 Å².